The van der Waals surface area contributed by atoms with Gasteiger partial charge in [-0.25, -0.2) is 0 Å². The van der Waals surface area contributed by atoms with E-state index in [1.807, 2.05) is 17.1 Å². The second-order valence-corrected chi connectivity index (χ2v) is 3.87. The second-order valence-electron chi connectivity index (χ2n) is 2.62. The SMILES string of the molecule is COCCCCn1cc(I)cn1. The van der Waals surface area contributed by atoms with Gasteiger partial charge in [-0.3, -0.25) is 4.68 Å². The van der Waals surface area contributed by atoms with Crippen LogP contribution >= 0.6 is 22.6 Å². The maximum absolute atomic E-state index is 4.95. The summed E-state index contributed by atoms with van der Waals surface area (Å²) in [6.07, 6.45) is 6.16. The average Bonchev–Trinajstić information content (AvgIpc) is 2.45. The smallest absolute Gasteiger partial charge is 0.0623 e. The zero-order chi connectivity index (χ0) is 8.81. The van der Waals surface area contributed by atoms with Gasteiger partial charge in [0.25, 0.3) is 0 Å². The highest BCUT2D eigenvalue weighted by atomic mass is 127. The first-order valence-electron chi connectivity index (χ1n) is 4.00. The Kier molecular flexibility index (Phi) is 4.60. The number of halogens is 1. The van der Waals surface area contributed by atoms with Gasteiger partial charge in [-0.1, -0.05) is 0 Å². The molecule has 1 aromatic heterocycles. The van der Waals surface area contributed by atoms with Crippen LogP contribution in [0.3, 0.4) is 0 Å². The van der Waals surface area contributed by atoms with Crippen molar-refractivity contribution >= 4 is 22.6 Å². The van der Waals surface area contributed by atoms with E-state index in [0.29, 0.717) is 0 Å². The third-order valence-corrected chi connectivity index (χ3v) is 2.14. The van der Waals surface area contributed by atoms with Crippen molar-refractivity contribution in [1.82, 2.24) is 9.78 Å². The quantitative estimate of drug-likeness (QED) is 0.608. The number of aryl methyl sites for hydroxylation is 1. The standard InChI is InChI=1S/C8H13IN2O/c1-12-5-3-2-4-11-7-8(9)6-10-11/h6-7H,2-5H2,1H3. The molecule has 12 heavy (non-hydrogen) atoms. The van der Waals surface area contributed by atoms with Gasteiger partial charge < -0.3 is 4.74 Å². The molecule has 1 rings (SSSR count). The van der Waals surface area contributed by atoms with Crippen LogP contribution in [-0.2, 0) is 11.3 Å². The molecule has 0 aromatic carbocycles. The van der Waals surface area contributed by atoms with E-state index in [1.165, 1.54) is 3.57 Å². The van der Waals surface area contributed by atoms with E-state index >= 15 is 0 Å². The summed E-state index contributed by atoms with van der Waals surface area (Å²) < 4.78 is 8.12. The molecule has 0 unspecified atom stereocenters. The molecule has 0 aliphatic rings. The highest BCUT2D eigenvalue weighted by Crippen LogP contribution is 2.02. The van der Waals surface area contributed by atoms with E-state index in [-0.39, 0.29) is 0 Å². The first-order chi connectivity index (χ1) is 5.83. The fourth-order valence-corrected chi connectivity index (χ4v) is 1.43. The molecule has 0 N–H and O–H groups in total. The van der Waals surface area contributed by atoms with E-state index in [4.69, 9.17) is 4.74 Å². The Labute approximate surface area is 86.2 Å². The average molecular weight is 280 g/mol. The van der Waals surface area contributed by atoms with Crippen LogP contribution in [-0.4, -0.2) is 23.5 Å². The minimum atomic E-state index is 0.846. The first kappa shape index (κ1) is 9.98. The lowest BCUT2D eigenvalue weighted by atomic mass is 10.3. The zero-order valence-electron chi connectivity index (χ0n) is 7.16. The lowest BCUT2D eigenvalue weighted by Crippen LogP contribution is -1.99. The van der Waals surface area contributed by atoms with E-state index < -0.39 is 0 Å². The number of aromatic nitrogens is 2. The van der Waals surface area contributed by atoms with Crippen LogP contribution in [0.5, 0.6) is 0 Å². The minimum Gasteiger partial charge on any atom is -0.385 e. The van der Waals surface area contributed by atoms with Crippen molar-refractivity contribution in [3.05, 3.63) is 16.0 Å². The monoisotopic (exact) mass is 280 g/mol. The maximum Gasteiger partial charge on any atom is 0.0623 e. The minimum absolute atomic E-state index is 0.846. The van der Waals surface area contributed by atoms with E-state index in [2.05, 4.69) is 27.7 Å². The Hall–Kier alpha value is -0.100. The molecule has 0 fully saturated rings. The van der Waals surface area contributed by atoms with Crippen molar-refractivity contribution in [3.8, 4) is 0 Å². The van der Waals surface area contributed by atoms with Gasteiger partial charge in [0.1, 0.15) is 0 Å². The molecular formula is C8H13IN2O. The molecule has 3 nitrogen and oxygen atoms in total. The Balaban J connectivity index is 2.15. The van der Waals surface area contributed by atoms with Gasteiger partial charge in [0.2, 0.25) is 0 Å². The third kappa shape index (κ3) is 3.53. The highest BCUT2D eigenvalue weighted by molar-refractivity contribution is 14.1. The summed E-state index contributed by atoms with van der Waals surface area (Å²) in [5, 5.41) is 4.18. The van der Waals surface area contributed by atoms with Crippen LogP contribution in [0.25, 0.3) is 0 Å². The molecule has 1 aromatic rings. The summed E-state index contributed by atoms with van der Waals surface area (Å²) >= 11 is 2.26. The molecule has 0 bridgehead atoms. The van der Waals surface area contributed by atoms with Crippen molar-refractivity contribution in [1.29, 1.82) is 0 Å². The number of rotatable bonds is 5. The zero-order valence-corrected chi connectivity index (χ0v) is 9.32. The molecule has 0 atom stereocenters. The van der Waals surface area contributed by atoms with E-state index in [0.717, 1.165) is 26.0 Å². The highest BCUT2D eigenvalue weighted by Gasteiger charge is 1.93. The molecule has 68 valence electrons. The van der Waals surface area contributed by atoms with Gasteiger partial charge >= 0.3 is 0 Å². The Morgan fingerprint density at radius 1 is 1.58 bits per heavy atom. The fourth-order valence-electron chi connectivity index (χ4n) is 0.981. The maximum atomic E-state index is 4.95. The predicted molar refractivity (Wildman–Crippen MR) is 56.1 cm³/mol. The Bertz CT molecular complexity index is 225. The van der Waals surface area contributed by atoms with Gasteiger partial charge in [0.05, 0.1) is 9.77 Å². The molecular weight excluding hydrogens is 267 g/mol. The summed E-state index contributed by atoms with van der Waals surface area (Å²) in [5.41, 5.74) is 0. The van der Waals surface area contributed by atoms with Crippen LogP contribution in [0, 0.1) is 3.57 Å². The van der Waals surface area contributed by atoms with Gasteiger partial charge in [0.15, 0.2) is 0 Å². The molecule has 1 heterocycles. The number of methoxy groups -OCH3 is 1. The number of nitrogens with zero attached hydrogens (tertiary/aromatic N) is 2. The molecule has 4 heteroatoms. The third-order valence-electron chi connectivity index (χ3n) is 1.59. The molecule has 0 aliphatic heterocycles. The van der Waals surface area contributed by atoms with Crippen LogP contribution in [0.15, 0.2) is 12.4 Å². The lowest BCUT2D eigenvalue weighted by molar-refractivity contribution is 0.191. The molecule has 0 saturated heterocycles. The largest absolute Gasteiger partial charge is 0.385 e. The topological polar surface area (TPSA) is 27.1 Å². The number of unbranched alkanes of at least 4 members (excludes halogenated alkanes) is 1. The summed E-state index contributed by atoms with van der Waals surface area (Å²) in [4.78, 5) is 0. The first-order valence-corrected chi connectivity index (χ1v) is 5.07. The summed E-state index contributed by atoms with van der Waals surface area (Å²) in [5.74, 6) is 0. The van der Waals surface area contributed by atoms with E-state index in [1.54, 1.807) is 7.11 Å². The van der Waals surface area contributed by atoms with Gasteiger partial charge in [-0.05, 0) is 35.4 Å². The van der Waals surface area contributed by atoms with Crippen LogP contribution in [0.1, 0.15) is 12.8 Å². The van der Waals surface area contributed by atoms with Crippen LogP contribution in [0.4, 0.5) is 0 Å². The Morgan fingerprint density at radius 2 is 2.42 bits per heavy atom. The van der Waals surface area contributed by atoms with Gasteiger partial charge in [0, 0.05) is 26.5 Å². The fraction of sp³-hybridized carbons (Fsp3) is 0.625. The summed E-state index contributed by atoms with van der Waals surface area (Å²) in [7, 11) is 1.73. The Morgan fingerprint density at radius 3 is 3.00 bits per heavy atom. The molecule has 0 saturated carbocycles. The van der Waals surface area contributed by atoms with Gasteiger partial charge in [-0.15, -0.1) is 0 Å². The van der Waals surface area contributed by atoms with Crippen LogP contribution in [0.2, 0.25) is 0 Å². The predicted octanol–water partition coefficient (Wildman–Crippen LogP) is 1.91. The molecule has 0 amide bonds. The van der Waals surface area contributed by atoms with Crippen molar-refractivity contribution in [2.75, 3.05) is 13.7 Å². The number of hydrogen-bond acceptors (Lipinski definition) is 2. The summed E-state index contributed by atoms with van der Waals surface area (Å²) in [6, 6.07) is 0. The van der Waals surface area contributed by atoms with E-state index in [9.17, 15) is 0 Å². The second kappa shape index (κ2) is 5.53. The summed E-state index contributed by atoms with van der Waals surface area (Å²) in [6.45, 7) is 1.84. The van der Waals surface area contributed by atoms with Crippen molar-refractivity contribution in [2.24, 2.45) is 0 Å². The molecule has 0 radical (unpaired) electrons. The van der Waals surface area contributed by atoms with Crippen LogP contribution < -0.4 is 0 Å². The molecule has 0 aliphatic carbocycles. The van der Waals surface area contributed by atoms with Crippen molar-refractivity contribution < 1.29 is 4.74 Å². The lowest BCUT2D eigenvalue weighted by Gasteiger charge is -1.99. The van der Waals surface area contributed by atoms with Gasteiger partial charge in [-0.2, -0.15) is 5.10 Å². The van der Waals surface area contributed by atoms with Crippen molar-refractivity contribution in [2.45, 2.75) is 19.4 Å². The number of hydrogen-bond donors (Lipinski definition) is 0. The molecule has 0 spiro atoms. The normalized spacial score (nSPS) is 10.5. The number of ether oxygens (including phenoxy) is 1. The van der Waals surface area contributed by atoms with Crippen molar-refractivity contribution in [3.63, 3.8) is 0 Å².